The average molecular weight is 308 g/mol. The first-order valence-electron chi connectivity index (χ1n) is 8.07. The molecule has 0 fully saturated rings. The standard InChI is InChI=1S/C21H24O2/c1-17(20-12-7-4-8-13-20)18(2)21(22)14-9-15-23-16-19-10-5-3-6-11-19/h3-8,10-13,18H,1,9,14-16H2,2H3. The lowest BCUT2D eigenvalue weighted by Crippen LogP contribution is -2.13. The summed E-state index contributed by atoms with van der Waals surface area (Å²) in [6.07, 6.45) is 1.28. The first kappa shape index (κ1) is 17.2. The Labute approximate surface area is 138 Å². The summed E-state index contributed by atoms with van der Waals surface area (Å²) < 4.78 is 5.62. The molecule has 1 unspecified atom stereocenters. The molecule has 0 bridgehead atoms. The molecule has 2 heteroatoms. The third-order valence-electron chi connectivity index (χ3n) is 3.97. The van der Waals surface area contributed by atoms with Crippen LogP contribution in [0.5, 0.6) is 0 Å². The molecule has 0 aliphatic rings. The molecule has 2 aromatic rings. The van der Waals surface area contributed by atoms with Gasteiger partial charge in [0.25, 0.3) is 0 Å². The molecule has 2 aromatic carbocycles. The van der Waals surface area contributed by atoms with E-state index in [9.17, 15) is 4.79 Å². The number of ketones is 1. The summed E-state index contributed by atoms with van der Waals surface area (Å²) in [6.45, 7) is 7.21. The Morgan fingerprint density at radius 1 is 1.04 bits per heavy atom. The molecule has 0 radical (unpaired) electrons. The summed E-state index contributed by atoms with van der Waals surface area (Å²) >= 11 is 0. The summed E-state index contributed by atoms with van der Waals surface area (Å²) in [7, 11) is 0. The van der Waals surface area contributed by atoms with E-state index in [1.54, 1.807) is 0 Å². The summed E-state index contributed by atoms with van der Waals surface area (Å²) in [4.78, 5) is 12.3. The van der Waals surface area contributed by atoms with Gasteiger partial charge in [-0.1, -0.05) is 74.2 Å². The number of rotatable bonds is 9. The topological polar surface area (TPSA) is 26.3 Å². The van der Waals surface area contributed by atoms with Gasteiger partial charge >= 0.3 is 0 Å². The van der Waals surface area contributed by atoms with Crippen LogP contribution in [0.1, 0.15) is 30.9 Å². The Morgan fingerprint density at radius 3 is 2.30 bits per heavy atom. The van der Waals surface area contributed by atoms with Gasteiger partial charge in [-0.2, -0.15) is 0 Å². The second kappa shape index (κ2) is 9.06. The van der Waals surface area contributed by atoms with Gasteiger partial charge in [-0.3, -0.25) is 4.79 Å². The fourth-order valence-corrected chi connectivity index (χ4v) is 2.43. The number of carbonyl (C=O) groups is 1. The number of benzene rings is 2. The summed E-state index contributed by atoms with van der Waals surface area (Å²) in [5.41, 5.74) is 3.08. The molecule has 0 amide bonds. The molecule has 0 heterocycles. The Morgan fingerprint density at radius 2 is 1.65 bits per heavy atom. The van der Waals surface area contributed by atoms with Crippen molar-refractivity contribution >= 4 is 11.4 Å². The number of hydrogen-bond acceptors (Lipinski definition) is 2. The third-order valence-corrected chi connectivity index (χ3v) is 3.97. The minimum atomic E-state index is -0.147. The van der Waals surface area contributed by atoms with Crippen LogP contribution in [0.4, 0.5) is 0 Å². The number of ether oxygens (including phenoxy) is 1. The molecule has 120 valence electrons. The maximum absolute atomic E-state index is 12.3. The van der Waals surface area contributed by atoms with Crippen molar-refractivity contribution in [3.05, 3.63) is 78.4 Å². The summed E-state index contributed by atoms with van der Waals surface area (Å²) in [5.74, 6) is 0.0775. The Balaban J connectivity index is 1.69. The number of carbonyl (C=O) groups excluding carboxylic acids is 1. The maximum atomic E-state index is 12.3. The summed E-state index contributed by atoms with van der Waals surface area (Å²) in [5, 5.41) is 0. The molecular formula is C21H24O2. The predicted molar refractivity (Wildman–Crippen MR) is 95.0 cm³/mol. The van der Waals surface area contributed by atoms with E-state index in [-0.39, 0.29) is 11.7 Å². The number of allylic oxidation sites excluding steroid dienone is 1. The smallest absolute Gasteiger partial charge is 0.140 e. The van der Waals surface area contributed by atoms with Gasteiger partial charge < -0.3 is 4.74 Å². The monoisotopic (exact) mass is 308 g/mol. The molecule has 0 spiro atoms. The Hall–Kier alpha value is -2.19. The van der Waals surface area contributed by atoms with Gasteiger partial charge in [0.1, 0.15) is 5.78 Å². The number of Topliss-reactive ketones (excluding diaryl/α,β-unsaturated/α-hetero) is 1. The molecule has 0 N–H and O–H groups in total. The molecular weight excluding hydrogens is 284 g/mol. The summed E-state index contributed by atoms with van der Waals surface area (Å²) in [6, 6.07) is 20.0. The molecule has 23 heavy (non-hydrogen) atoms. The van der Waals surface area contributed by atoms with Crippen molar-refractivity contribution in [1.82, 2.24) is 0 Å². The zero-order chi connectivity index (χ0) is 16.5. The van der Waals surface area contributed by atoms with Crippen LogP contribution in [0.25, 0.3) is 5.57 Å². The quantitative estimate of drug-likeness (QED) is 0.616. The van der Waals surface area contributed by atoms with Crippen LogP contribution >= 0.6 is 0 Å². The highest BCUT2D eigenvalue weighted by molar-refractivity contribution is 5.92. The normalized spacial score (nSPS) is 11.9. The van der Waals surface area contributed by atoms with Crippen LogP contribution < -0.4 is 0 Å². The van der Waals surface area contributed by atoms with Crippen LogP contribution in [-0.2, 0) is 16.1 Å². The van der Waals surface area contributed by atoms with Crippen molar-refractivity contribution in [3.8, 4) is 0 Å². The van der Waals surface area contributed by atoms with Gasteiger partial charge in [-0.25, -0.2) is 0 Å². The second-order valence-corrected chi connectivity index (χ2v) is 5.72. The van der Waals surface area contributed by atoms with E-state index >= 15 is 0 Å². The average Bonchev–Trinajstić information content (AvgIpc) is 2.61. The molecule has 0 saturated carbocycles. The van der Waals surface area contributed by atoms with Crippen molar-refractivity contribution in [2.45, 2.75) is 26.4 Å². The highest BCUT2D eigenvalue weighted by Gasteiger charge is 2.16. The zero-order valence-corrected chi connectivity index (χ0v) is 13.7. The SMILES string of the molecule is C=C(c1ccccc1)C(C)C(=O)CCCOCc1ccccc1. The molecule has 1 atom stereocenters. The fraction of sp³-hybridized carbons (Fsp3) is 0.286. The van der Waals surface area contributed by atoms with Crippen LogP contribution in [0.3, 0.4) is 0 Å². The van der Waals surface area contributed by atoms with Crippen LogP contribution in [-0.4, -0.2) is 12.4 Å². The lowest BCUT2D eigenvalue weighted by Gasteiger charge is -2.14. The van der Waals surface area contributed by atoms with E-state index < -0.39 is 0 Å². The molecule has 0 saturated heterocycles. The minimum Gasteiger partial charge on any atom is -0.377 e. The second-order valence-electron chi connectivity index (χ2n) is 5.72. The lowest BCUT2D eigenvalue weighted by atomic mass is 9.90. The zero-order valence-electron chi connectivity index (χ0n) is 13.7. The van der Waals surface area contributed by atoms with Crippen LogP contribution in [0, 0.1) is 5.92 Å². The van der Waals surface area contributed by atoms with Gasteiger partial charge in [0, 0.05) is 18.9 Å². The first-order valence-corrected chi connectivity index (χ1v) is 8.07. The predicted octanol–water partition coefficient (Wildman–Crippen LogP) is 4.90. The van der Waals surface area contributed by atoms with Crippen molar-refractivity contribution in [2.75, 3.05) is 6.61 Å². The van der Waals surface area contributed by atoms with E-state index in [1.807, 2.05) is 67.6 Å². The maximum Gasteiger partial charge on any atom is 0.140 e. The van der Waals surface area contributed by atoms with Crippen molar-refractivity contribution in [2.24, 2.45) is 5.92 Å². The van der Waals surface area contributed by atoms with Crippen LogP contribution in [0.15, 0.2) is 67.2 Å². The van der Waals surface area contributed by atoms with Gasteiger partial charge in [-0.15, -0.1) is 0 Å². The van der Waals surface area contributed by atoms with Gasteiger partial charge in [0.15, 0.2) is 0 Å². The molecule has 2 nitrogen and oxygen atoms in total. The number of hydrogen-bond donors (Lipinski definition) is 0. The molecule has 0 aliphatic carbocycles. The van der Waals surface area contributed by atoms with E-state index in [0.29, 0.717) is 19.6 Å². The molecule has 0 aliphatic heterocycles. The van der Waals surface area contributed by atoms with E-state index in [0.717, 1.165) is 23.1 Å². The Bertz CT molecular complexity index is 617. The van der Waals surface area contributed by atoms with Crippen molar-refractivity contribution < 1.29 is 9.53 Å². The molecule has 0 aromatic heterocycles. The van der Waals surface area contributed by atoms with E-state index in [4.69, 9.17) is 4.74 Å². The van der Waals surface area contributed by atoms with Crippen molar-refractivity contribution in [3.63, 3.8) is 0 Å². The largest absolute Gasteiger partial charge is 0.377 e. The third kappa shape index (κ3) is 5.50. The van der Waals surface area contributed by atoms with Gasteiger partial charge in [-0.05, 0) is 23.1 Å². The van der Waals surface area contributed by atoms with E-state index in [2.05, 4.69) is 6.58 Å². The van der Waals surface area contributed by atoms with E-state index in [1.165, 1.54) is 0 Å². The van der Waals surface area contributed by atoms with Crippen LogP contribution in [0.2, 0.25) is 0 Å². The first-order chi connectivity index (χ1) is 11.2. The highest BCUT2D eigenvalue weighted by atomic mass is 16.5. The minimum absolute atomic E-state index is 0.147. The highest BCUT2D eigenvalue weighted by Crippen LogP contribution is 2.23. The van der Waals surface area contributed by atoms with Gasteiger partial charge in [0.2, 0.25) is 0 Å². The molecule has 2 rings (SSSR count). The van der Waals surface area contributed by atoms with Crippen molar-refractivity contribution in [1.29, 1.82) is 0 Å². The fourth-order valence-electron chi connectivity index (χ4n) is 2.43. The van der Waals surface area contributed by atoms with Gasteiger partial charge in [0.05, 0.1) is 6.61 Å². The lowest BCUT2D eigenvalue weighted by molar-refractivity contribution is -0.121. The Kier molecular flexibility index (Phi) is 6.76.